The largest absolute Gasteiger partial charge is 0.618 e. The van der Waals surface area contributed by atoms with Crippen LogP contribution in [0, 0.1) is 5.21 Å². The fraction of sp³-hybridized carbons (Fsp3) is 0.286. The summed E-state index contributed by atoms with van der Waals surface area (Å²) in [5.74, 6) is 0.483. The van der Waals surface area contributed by atoms with Gasteiger partial charge in [-0.2, -0.15) is 5.21 Å². The number of hydrogen-bond acceptors (Lipinski definition) is 6. The Hall–Kier alpha value is -3.14. The lowest BCUT2D eigenvalue weighted by molar-refractivity contribution is -0.724. The summed E-state index contributed by atoms with van der Waals surface area (Å²) in [6.45, 7) is 2.29. The zero-order valence-electron chi connectivity index (χ0n) is 17.2. The average molecular weight is 440 g/mol. The highest BCUT2D eigenvalue weighted by Crippen LogP contribution is 2.37. The van der Waals surface area contributed by atoms with Gasteiger partial charge in [-0.3, -0.25) is 9.88 Å². The van der Waals surface area contributed by atoms with Crippen molar-refractivity contribution in [1.82, 2.24) is 30.5 Å². The van der Waals surface area contributed by atoms with E-state index in [-0.39, 0.29) is 11.7 Å². The number of unbranched alkanes of at least 4 members (excludes halogenated alkanes) is 1. The number of urea groups is 1. The number of halogens is 1. The van der Waals surface area contributed by atoms with E-state index in [2.05, 4.69) is 32.5 Å². The lowest BCUT2D eigenvalue weighted by Gasteiger charge is -2.29. The normalized spacial score (nSPS) is 18.8. The van der Waals surface area contributed by atoms with Gasteiger partial charge in [0, 0.05) is 17.3 Å². The van der Waals surface area contributed by atoms with Gasteiger partial charge in [-0.25, -0.2) is 9.44 Å². The number of carbonyl (C=O) groups excluding carboxylic acids is 1. The first-order valence-corrected chi connectivity index (χ1v) is 10.4. The molecule has 4 rings (SSSR count). The van der Waals surface area contributed by atoms with Crippen molar-refractivity contribution >= 4 is 17.6 Å². The molecule has 0 saturated heterocycles. The second-order valence-corrected chi connectivity index (χ2v) is 7.82. The van der Waals surface area contributed by atoms with Crippen LogP contribution in [0.25, 0.3) is 22.6 Å². The zero-order valence-corrected chi connectivity index (χ0v) is 18.0. The van der Waals surface area contributed by atoms with Crippen molar-refractivity contribution < 1.29 is 9.44 Å². The highest BCUT2D eigenvalue weighted by atomic mass is 35.5. The van der Waals surface area contributed by atoms with Crippen LogP contribution < -0.4 is 0 Å². The molecule has 1 aliphatic rings. The van der Waals surface area contributed by atoms with Crippen molar-refractivity contribution in [3.8, 4) is 22.6 Å². The number of tetrazole rings is 1. The summed E-state index contributed by atoms with van der Waals surface area (Å²) in [6.07, 6.45) is 4.07. The Bertz CT molecular complexity index is 1110. The molecule has 0 aliphatic carbocycles. The molecule has 1 aromatic carbocycles. The summed E-state index contributed by atoms with van der Waals surface area (Å²) in [6, 6.07) is 10.8. The number of H-pyrrole nitrogens is 1. The first-order valence-electron chi connectivity index (χ1n) is 10.0. The maximum absolute atomic E-state index is 12.7. The van der Waals surface area contributed by atoms with Gasteiger partial charge in [0.15, 0.2) is 0 Å². The number of carbonyl (C=O) groups is 1. The van der Waals surface area contributed by atoms with Crippen LogP contribution in [0.15, 0.2) is 53.4 Å². The number of hydrogen-bond donors (Lipinski definition) is 1. The number of nitrogens with one attached hydrogen (secondary N) is 1. The van der Waals surface area contributed by atoms with Crippen LogP contribution in [0.2, 0.25) is 0 Å². The first-order chi connectivity index (χ1) is 14.9. The molecule has 160 valence electrons. The van der Waals surface area contributed by atoms with Crippen LogP contribution in [0.1, 0.15) is 31.7 Å². The van der Waals surface area contributed by atoms with E-state index in [4.69, 9.17) is 11.6 Å². The molecule has 2 amide bonds. The van der Waals surface area contributed by atoms with Crippen molar-refractivity contribution in [1.29, 1.82) is 0 Å². The Kier molecular flexibility index (Phi) is 5.81. The highest BCUT2D eigenvalue weighted by Gasteiger charge is 2.44. The first kappa shape index (κ1) is 21.1. The number of pyridine rings is 1. The number of rotatable bonds is 7. The molecule has 31 heavy (non-hydrogen) atoms. The fourth-order valence-corrected chi connectivity index (χ4v) is 3.84. The topological polar surface area (TPSA) is 111 Å². The molecule has 1 aliphatic heterocycles. The Morgan fingerprint density at radius 3 is 2.61 bits per heavy atom. The molecule has 1 unspecified atom stereocenters. The standard InChI is InChI=1S/C21H22ClN7O2/c1-3-4-9-18-19(22)29(2,31)21(30)28(18)13-14-10-11-17(23-12-14)15-7-5-6-8-16(15)20-24-26-27-25-20/h5-8,10-12H,3-4,9,13H2,1-2H3,(H,24,25,26,27). The molecule has 1 N–H and O–H groups in total. The molecule has 3 aromatic rings. The van der Waals surface area contributed by atoms with Crippen LogP contribution in [0.3, 0.4) is 0 Å². The predicted octanol–water partition coefficient (Wildman–Crippen LogP) is 4.41. The van der Waals surface area contributed by atoms with Crippen LogP contribution in [-0.2, 0) is 6.54 Å². The lowest BCUT2D eigenvalue weighted by atomic mass is 10.0. The lowest BCUT2D eigenvalue weighted by Crippen LogP contribution is -2.42. The maximum atomic E-state index is 12.7. The Morgan fingerprint density at radius 2 is 1.97 bits per heavy atom. The van der Waals surface area contributed by atoms with E-state index < -0.39 is 10.7 Å². The number of aromatic amines is 1. The highest BCUT2D eigenvalue weighted by molar-refractivity contribution is 6.29. The SMILES string of the molecule is CCCCC1=C(Cl)[N+](C)([O-])C(=O)N1Cc1ccc(-c2ccccc2-c2nn[nH]n2)nc1. The molecular formula is C21H22ClN7O2. The van der Waals surface area contributed by atoms with Crippen molar-refractivity contribution in [2.24, 2.45) is 0 Å². The number of amides is 2. The van der Waals surface area contributed by atoms with Crippen LogP contribution in [-0.4, -0.2) is 48.2 Å². The number of aromatic nitrogens is 5. The average Bonchev–Trinajstić information content (AvgIpc) is 3.37. The van der Waals surface area contributed by atoms with Gasteiger partial charge in [0.25, 0.3) is 0 Å². The summed E-state index contributed by atoms with van der Waals surface area (Å²) >= 11 is 6.27. The van der Waals surface area contributed by atoms with Gasteiger partial charge < -0.3 is 5.21 Å². The van der Waals surface area contributed by atoms with Gasteiger partial charge >= 0.3 is 6.03 Å². The van der Waals surface area contributed by atoms with Gasteiger partial charge in [0.2, 0.25) is 11.0 Å². The Morgan fingerprint density at radius 1 is 1.19 bits per heavy atom. The van der Waals surface area contributed by atoms with E-state index in [0.717, 1.165) is 35.2 Å². The number of nitrogens with zero attached hydrogens (tertiary/aromatic N) is 6. The van der Waals surface area contributed by atoms with Gasteiger partial charge in [-0.15, -0.1) is 10.2 Å². The van der Waals surface area contributed by atoms with Gasteiger partial charge in [0.05, 0.1) is 19.3 Å². The van der Waals surface area contributed by atoms with E-state index >= 15 is 0 Å². The predicted molar refractivity (Wildman–Crippen MR) is 116 cm³/mol. The minimum Gasteiger partial charge on any atom is -0.618 e. The van der Waals surface area contributed by atoms with Crippen LogP contribution >= 0.6 is 11.6 Å². The third kappa shape index (κ3) is 3.95. The van der Waals surface area contributed by atoms with E-state index in [1.54, 1.807) is 6.20 Å². The summed E-state index contributed by atoms with van der Waals surface area (Å²) in [7, 11) is 1.27. The molecule has 0 bridgehead atoms. The van der Waals surface area contributed by atoms with E-state index in [0.29, 0.717) is 17.9 Å². The van der Waals surface area contributed by atoms with Gasteiger partial charge in [-0.1, -0.05) is 43.7 Å². The summed E-state index contributed by atoms with van der Waals surface area (Å²) in [5.41, 5.74) is 3.80. The van der Waals surface area contributed by atoms with E-state index in [1.165, 1.54) is 11.9 Å². The number of allylic oxidation sites excluding steroid dienone is 1. The molecular weight excluding hydrogens is 418 g/mol. The Labute approximate surface area is 184 Å². The molecule has 10 heteroatoms. The molecule has 9 nitrogen and oxygen atoms in total. The molecule has 2 aromatic heterocycles. The second kappa shape index (κ2) is 8.54. The summed E-state index contributed by atoms with van der Waals surface area (Å²) in [5, 5.41) is 26.9. The quantitative estimate of drug-likeness (QED) is 0.331. The van der Waals surface area contributed by atoms with Gasteiger partial charge in [-0.05, 0) is 41.3 Å². The molecule has 0 fully saturated rings. The van der Waals surface area contributed by atoms with E-state index in [1.807, 2.05) is 36.4 Å². The third-order valence-electron chi connectivity index (χ3n) is 5.26. The molecule has 1 atom stereocenters. The smallest absolute Gasteiger partial charge is 0.429 e. The number of benzene rings is 1. The fourth-order valence-electron chi connectivity index (χ4n) is 3.57. The van der Waals surface area contributed by atoms with Crippen molar-refractivity contribution in [2.45, 2.75) is 32.7 Å². The van der Waals surface area contributed by atoms with Crippen LogP contribution in [0.4, 0.5) is 4.79 Å². The molecule has 0 spiro atoms. The molecule has 0 saturated carbocycles. The molecule has 0 radical (unpaired) electrons. The monoisotopic (exact) mass is 439 g/mol. The minimum absolute atomic E-state index is 0.0390. The van der Waals surface area contributed by atoms with Crippen molar-refractivity contribution in [3.63, 3.8) is 0 Å². The maximum Gasteiger partial charge on any atom is 0.429 e. The third-order valence-corrected chi connectivity index (χ3v) is 5.80. The number of hydroxylamine groups is 3. The van der Waals surface area contributed by atoms with E-state index in [9.17, 15) is 10.0 Å². The summed E-state index contributed by atoms with van der Waals surface area (Å²) < 4.78 is -1.20. The van der Waals surface area contributed by atoms with Gasteiger partial charge in [0.1, 0.15) is 5.70 Å². The zero-order chi connectivity index (χ0) is 22.0. The summed E-state index contributed by atoms with van der Waals surface area (Å²) in [4.78, 5) is 18.8. The Balaban J connectivity index is 1.59. The molecule has 3 heterocycles. The second-order valence-electron chi connectivity index (χ2n) is 7.47. The van der Waals surface area contributed by atoms with Crippen molar-refractivity contribution in [3.05, 3.63) is 64.2 Å². The number of quaternary nitrogens is 1. The van der Waals surface area contributed by atoms with Crippen molar-refractivity contribution in [2.75, 3.05) is 7.05 Å². The minimum atomic E-state index is -1.20. The van der Waals surface area contributed by atoms with Crippen LogP contribution in [0.5, 0.6) is 0 Å².